The van der Waals surface area contributed by atoms with Crippen LogP contribution >= 0.6 is 0 Å². The molecule has 1 aromatic heterocycles. The number of hydrogen-bond donors (Lipinski definition) is 0. The SMILES string of the molecule is COC(=O)c1ccc(-c2cc(C)cc3nc(-c4ccccc4)oc23)c(C#Cc2ccc(C)cc2)c1. The number of oxazole rings is 1. The zero-order chi connectivity index (χ0) is 24.4. The average molecular weight is 458 g/mol. The first kappa shape index (κ1) is 22.2. The number of aryl methyl sites for hydroxylation is 2. The molecule has 0 radical (unpaired) electrons. The minimum absolute atomic E-state index is 0.407. The van der Waals surface area contributed by atoms with E-state index in [1.807, 2.05) is 80.6 Å². The Balaban J connectivity index is 1.70. The van der Waals surface area contributed by atoms with Gasteiger partial charge in [-0.2, -0.15) is 0 Å². The Morgan fingerprint density at radius 2 is 1.60 bits per heavy atom. The van der Waals surface area contributed by atoms with Crippen molar-refractivity contribution in [1.82, 2.24) is 4.98 Å². The first-order valence-electron chi connectivity index (χ1n) is 11.3. The van der Waals surface area contributed by atoms with Gasteiger partial charge >= 0.3 is 5.97 Å². The van der Waals surface area contributed by atoms with E-state index in [9.17, 15) is 4.79 Å². The van der Waals surface area contributed by atoms with Gasteiger partial charge in [0.25, 0.3) is 0 Å². The monoisotopic (exact) mass is 457 g/mol. The van der Waals surface area contributed by atoms with Gasteiger partial charge in [-0.15, -0.1) is 0 Å². The molecule has 0 aliphatic carbocycles. The molecule has 0 saturated carbocycles. The van der Waals surface area contributed by atoms with E-state index in [1.165, 1.54) is 12.7 Å². The average Bonchev–Trinajstić information content (AvgIpc) is 3.32. The molecule has 170 valence electrons. The van der Waals surface area contributed by atoms with E-state index in [0.29, 0.717) is 22.6 Å². The summed E-state index contributed by atoms with van der Waals surface area (Å²) in [4.78, 5) is 17.0. The van der Waals surface area contributed by atoms with Crippen LogP contribution in [0, 0.1) is 25.7 Å². The Kier molecular flexibility index (Phi) is 5.91. The van der Waals surface area contributed by atoms with E-state index in [1.54, 1.807) is 12.1 Å². The molecule has 0 amide bonds. The number of benzene rings is 4. The molecule has 35 heavy (non-hydrogen) atoms. The fourth-order valence-corrected chi connectivity index (χ4v) is 3.98. The highest BCUT2D eigenvalue weighted by atomic mass is 16.5. The Morgan fingerprint density at radius 3 is 2.34 bits per heavy atom. The summed E-state index contributed by atoms with van der Waals surface area (Å²) >= 11 is 0. The molecule has 0 aliphatic heterocycles. The number of nitrogens with zero attached hydrogens (tertiary/aromatic N) is 1. The molecule has 0 aliphatic rings. The summed E-state index contributed by atoms with van der Waals surface area (Å²) in [6.45, 7) is 4.07. The van der Waals surface area contributed by atoms with E-state index in [-0.39, 0.29) is 0 Å². The van der Waals surface area contributed by atoms with Crippen molar-refractivity contribution in [2.75, 3.05) is 7.11 Å². The molecule has 0 atom stereocenters. The molecule has 0 unspecified atom stereocenters. The van der Waals surface area contributed by atoms with Gasteiger partial charge in [-0.25, -0.2) is 9.78 Å². The van der Waals surface area contributed by atoms with Gasteiger partial charge in [-0.1, -0.05) is 53.8 Å². The van der Waals surface area contributed by atoms with Crippen molar-refractivity contribution >= 4 is 17.1 Å². The van der Waals surface area contributed by atoms with Gasteiger partial charge in [0, 0.05) is 27.8 Å². The zero-order valence-electron chi connectivity index (χ0n) is 19.8. The van der Waals surface area contributed by atoms with Gasteiger partial charge in [0.1, 0.15) is 5.52 Å². The van der Waals surface area contributed by atoms with E-state index < -0.39 is 5.97 Å². The standard InChI is InChI=1S/C31H23NO3/c1-20-9-11-22(12-10-20)13-14-24-19-25(31(33)34-3)15-16-26(24)27-17-21(2)18-28-29(27)35-30(32-28)23-7-5-4-6-8-23/h4-12,15-19H,1-3H3. The van der Waals surface area contributed by atoms with E-state index in [4.69, 9.17) is 14.1 Å². The lowest BCUT2D eigenvalue weighted by Crippen LogP contribution is -2.02. The van der Waals surface area contributed by atoms with E-state index >= 15 is 0 Å². The largest absolute Gasteiger partial charge is 0.465 e. The fourth-order valence-electron chi connectivity index (χ4n) is 3.98. The lowest BCUT2D eigenvalue weighted by atomic mass is 9.95. The highest BCUT2D eigenvalue weighted by Crippen LogP contribution is 2.35. The first-order chi connectivity index (χ1) is 17.0. The summed E-state index contributed by atoms with van der Waals surface area (Å²) < 4.78 is 11.2. The molecule has 5 aromatic rings. The van der Waals surface area contributed by atoms with Crippen LogP contribution in [0.1, 0.15) is 32.6 Å². The van der Waals surface area contributed by atoms with Crippen molar-refractivity contribution in [1.29, 1.82) is 0 Å². The minimum Gasteiger partial charge on any atom is -0.465 e. The molecule has 0 fully saturated rings. The molecule has 4 nitrogen and oxygen atoms in total. The number of rotatable bonds is 3. The number of fused-ring (bicyclic) bond motifs is 1. The van der Waals surface area contributed by atoms with Crippen LogP contribution in [-0.4, -0.2) is 18.1 Å². The highest BCUT2D eigenvalue weighted by molar-refractivity contribution is 5.96. The van der Waals surface area contributed by atoms with Crippen molar-refractivity contribution in [3.8, 4) is 34.4 Å². The lowest BCUT2D eigenvalue weighted by Gasteiger charge is -2.09. The highest BCUT2D eigenvalue weighted by Gasteiger charge is 2.17. The molecule has 0 saturated heterocycles. The fraction of sp³-hybridized carbons (Fsp3) is 0.0968. The Bertz CT molecular complexity index is 1600. The van der Waals surface area contributed by atoms with Crippen molar-refractivity contribution in [2.24, 2.45) is 0 Å². The first-order valence-corrected chi connectivity index (χ1v) is 11.3. The van der Waals surface area contributed by atoms with E-state index in [2.05, 4.69) is 17.9 Å². The minimum atomic E-state index is -0.407. The summed E-state index contributed by atoms with van der Waals surface area (Å²) in [5.74, 6) is 6.65. The van der Waals surface area contributed by atoms with Crippen LogP contribution < -0.4 is 0 Å². The van der Waals surface area contributed by atoms with E-state index in [0.717, 1.165) is 33.3 Å². The zero-order valence-corrected chi connectivity index (χ0v) is 19.8. The number of carbonyl (C=O) groups is 1. The van der Waals surface area contributed by atoms with Crippen molar-refractivity contribution < 1.29 is 13.9 Å². The van der Waals surface area contributed by atoms with Crippen molar-refractivity contribution in [2.45, 2.75) is 13.8 Å². The normalized spacial score (nSPS) is 10.6. The molecule has 0 spiro atoms. The number of methoxy groups -OCH3 is 1. The van der Waals surface area contributed by atoms with Gasteiger partial charge in [0.2, 0.25) is 5.89 Å². The summed E-state index contributed by atoms with van der Waals surface area (Å²) in [6, 6.07) is 27.3. The molecule has 4 aromatic carbocycles. The Morgan fingerprint density at radius 1 is 0.829 bits per heavy atom. The second-order valence-electron chi connectivity index (χ2n) is 8.41. The van der Waals surface area contributed by atoms with Crippen LogP contribution in [0.4, 0.5) is 0 Å². The van der Waals surface area contributed by atoms with Crippen molar-refractivity contribution in [3.63, 3.8) is 0 Å². The van der Waals surface area contributed by atoms with Crippen molar-refractivity contribution in [3.05, 3.63) is 113 Å². The predicted molar refractivity (Wildman–Crippen MR) is 138 cm³/mol. The summed E-state index contributed by atoms with van der Waals surface area (Å²) in [5, 5.41) is 0. The van der Waals surface area contributed by atoms with Crippen LogP contribution in [0.2, 0.25) is 0 Å². The van der Waals surface area contributed by atoms with Gasteiger partial charge < -0.3 is 9.15 Å². The summed E-state index contributed by atoms with van der Waals surface area (Å²) in [7, 11) is 1.37. The van der Waals surface area contributed by atoms with Gasteiger partial charge in [0.15, 0.2) is 5.58 Å². The predicted octanol–water partition coefficient (Wildman–Crippen LogP) is 6.97. The second-order valence-corrected chi connectivity index (χ2v) is 8.41. The third kappa shape index (κ3) is 4.58. The van der Waals surface area contributed by atoms with Crippen LogP contribution in [0.15, 0.2) is 89.3 Å². The number of hydrogen-bond acceptors (Lipinski definition) is 4. The smallest absolute Gasteiger partial charge is 0.337 e. The molecule has 0 N–H and O–H groups in total. The maximum absolute atomic E-state index is 12.3. The Hall–Kier alpha value is -4.62. The van der Waals surface area contributed by atoms with Crippen LogP contribution in [-0.2, 0) is 4.74 Å². The van der Waals surface area contributed by atoms with Crippen LogP contribution in [0.5, 0.6) is 0 Å². The number of carbonyl (C=O) groups excluding carboxylic acids is 1. The maximum Gasteiger partial charge on any atom is 0.337 e. The Labute approximate surface area is 204 Å². The topological polar surface area (TPSA) is 52.3 Å². The van der Waals surface area contributed by atoms with Gasteiger partial charge in [-0.3, -0.25) is 0 Å². The quantitative estimate of drug-likeness (QED) is 0.217. The van der Waals surface area contributed by atoms with Crippen LogP contribution in [0.25, 0.3) is 33.7 Å². The van der Waals surface area contributed by atoms with Gasteiger partial charge in [-0.05, 0) is 67.9 Å². The molecular weight excluding hydrogens is 434 g/mol. The number of aromatic nitrogens is 1. The number of ether oxygens (including phenoxy) is 1. The molecule has 4 heteroatoms. The lowest BCUT2D eigenvalue weighted by molar-refractivity contribution is 0.0600. The summed E-state index contributed by atoms with van der Waals surface area (Å²) in [6.07, 6.45) is 0. The molecule has 5 rings (SSSR count). The van der Waals surface area contributed by atoms with Crippen LogP contribution in [0.3, 0.4) is 0 Å². The maximum atomic E-state index is 12.3. The summed E-state index contributed by atoms with van der Waals surface area (Å²) in [5.41, 5.74) is 8.36. The molecule has 0 bridgehead atoms. The number of esters is 1. The second kappa shape index (κ2) is 9.32. The molecular formula is C31H23NO3. The third-order valence-corrected chi connectivity index (χ3v) is 5.78. The van der Waals surface area contributed by atoms with Gasteiger partial charge in [0.05, 0.1) is 12.7 Å². The third-order valence-electron chi connectivity index (χ3n) is 5.78. The molecule has 1 heterocycles.